The first-order chi connectivity index (χ1) is 9.10. The lowest BCUT2D eigenvalue weighted by Crippen LogP contribution is -1.92. The summed E-state index contributed by atoms with van der Waals surface area (Å²) in [5.41, 5.74) is 8.96. The normalized spacial score (nSPS) is 10.2. The van der Waals surface area contributed by atoms with Gasteiger partial charge in [-0.3, -0.25) is 0 Å². The largest absolute Gasteiger partial charge is 0.398 e. The summed E-state index contributed by atoms with van der Waals surface area (Å²) in [7, 11) is 0. The van der Waals surface area contributed by atoms with Crippen LogP contribution in [0.3, 0.4) is 0 Å². The second-order valence-corrected chi connectivity index (χ2v) is 5.26. The van der Waals surface area contributed by atoms with Gasteiger partial charge in [-0.15, -0.1) is 11.8 Å². The van der Waals surface area contributed by atoms with E-state index in [-0.39, 0.29) is 5.82 Å². The summed E-state index contributed by atoms with van der Waals surface area (Å²) < 4.78 is 13.0. The standard InChI is InChI=1S/C15H13FN2S/c1-10-2-5-15(14(18)6-10)19-9-11-3-4-13(16)7-12(11)8-17/h2-7H,9,18H2,1H3. The van der Waals surface area contributed by atoms with Gasteiger partial charge in [0.25, 0.3) is 0 Å². The molecule has 2 aromatic rings. The van der Waals surface area contributed by atoms with Gasteiger partial charge in [-0.1, -0.05) is 12.1 Å². The number of rotatable bonds is 3. The van der Waals surface area contributed by atoms with Crippen LogP contribution in [-0.4, -0.2) is 0 Å². The van der Waals surface area contributed by atoms with Gasteiger partial charge in [0.05, 0.1) is 11.6 Å². The maximum Gasteiger partial charge on any atom is 0.124 e. The van der Waals surface area contributed by atoms with Crippen molar-refractivity contribution >= 4 is 17.4 Å². The van der Waals surface area contributed by atoms with Crippen LogP contribution in [0, 0.1) is 24.1 Å². The minimum Gasteiger partial charge on any atom is -0.398 e. The van der Waals surface area contributed by atoms with Gasteiger partial charge in [0.2, 0.25) is 0 Å². The van der Waals surface area contributed by atoms with Gasteiger partial charge in [-0.2, -0.15) is 5.26 Å². The summed E-state index contributed by atoms with van der Waals surface area (Å²) >= 11 is 1.55. The lowest BCUT2D eigenvalue weighted by atomic mass is 10.1. The molecule has 0 spiro atoms. The van der Waals surface area contributed by atoms with E-state index in [1.165, 1.54) is 12.1 Å². The molecule has 2 rings (SSSR count). The summed E-state index contributed by atoms with van der Waals surface area (Å²) in [5, 5.41) is 8.98. The van der Waals surface area contributed by atoms with Gasteiger partial charge in [0.1, 0.15) is 5.82 Å². The fourth-order valence-electron chi connectivity index (χ4n) is 1.73. The van der Waals surface area contributed by atoms with Crippen molar-refractivity contribution in [3.63, 3.8) is 0 Å². The van der Waals surface area contributed by atoms with Crippen molar-refractivity contribution in [2.75, 3.05) is 5.73 Å². The van der Waals surface area contributed by atoms with Crippen molar-refractivity contribution in [2.45, 2.75) is 17.6 Å². The highest BCUT2D eigenvalue weighted by atomic mass is 32.2. The van der Waals surface area contributed by atoms with Crippen molar-refractivity contribution in [1.82, 2.24) is 0 Å². The molecule has 0 aromatic heterocycles. The van der Waals surface area contributed by atoms with Crippen LogP contribution in [0.4, 0.5) is 10.1 Å². The molecule has 19 heavy (non-hydrogen) atoms. The minimum atomic E-state index is -0.389. The van der Waals surface area contributed by atoms with Gasteiger partial charge < -0.3 is 5.73 Å². The van der Waals surface area contributed by atoms with Crippen LogP contribution in [0.25, 0.3) is 0 Å². The predicted octanol–water partition coefficient (Wildman–Crippen LogP) is 3.88. The molecular formula is C15H13FN2S. The predicted molar refractivity (Wildman–Crippen MR) is 76.3 cm³/mol. The summed E-state index contributed by atoms with van der Waals surface area (Å²) in [4.78, 5) is 0.971. The Kier molecular flexibility index (Phi) is 4.08. The SMILES string of the molecule is Cc1ccc(SCc2ccc(F)cc2C#N)c(N)c1. The molecule has 0 heterocycles. The van der Waals surface area contributed by atoms with E-state index < -0.39 is 0 Å². The molecule has 0 saturated carbocycles. The monoisotopic (exact) mass is 272 g/mol. The fraction of sp³-hybridized carbons (Fsp3) is 0.133. The van der Waals surface area contributed by atoms with Crippen LogP contribution in [0.1, 0.15) is 16.7 Å². The third-order valence-corrected chi connectivity index (χ3v) is 3.88. The first-order valence-corrected chi connectivity index (χ1v) is 6.76. The number of benzene rings is 2. The number of nitrogen functional groups attached to an aromatic ring is 1. The topological polar surface area (TPSA) is 49.8 Å². The van der Waals surface area contributed by atoms with Gasteiger partial charge in [0.15, 0.2) is 0 Å². The Bertz CT molecular complexity index is 647. The van der Waals surface area contributed by atoms with E-state index in [1.807, 2.05) is 31.2 Å². The molecule has 0 fully saturated rings. The number of nitriles is 1. The Morgan fingerprint density at radius 1 is 1.26 bits per heavy atom. The molecule has 0 saturated heterocycles. The van der Waals surface area contributed by atoms with Crippen molar-refractivity contribution in [3.05, 3.63) is 58.9 Å². The zero-order valence-corrected chi connectivity index (χ0v) is 11.3. The van der Waals surface area contributed by atoms with Crippen LogP contribution in [0.2, 0.25) is 0 Å². The first-order valence-electron chi connectivity index (χ1n) is 5.77. The second-order valence-electron chi connectivity index (χ2n) is 4.24. The zero-order chi connectivity index (χ0) is 13.8. The van der Waals surface area contributed by atoms with E-state index >= 15 is 0 Å². The molecule has 0 bridgehead atoms. The van der Waals surface area contributed by atoms with Crippen molar-refractivity contribution < 1.29 is 4.39 Å². The van der Waals surface area contributed by atoms with Crippen LogP contribution in [-0.2, 0) is 5.75 Å². The highest BCUT2D eigenvalue weighted by Gasteiger charge is 2.06. The molecule has 96 valence electrons. The quantitative estimate of drug-likeness (QED) is 0.681. The summed E-state index contributed by atoms with van der Waals surface area (Å²) in [6.45, 7) is 1.98. The van der Waals surface area contributed by atoms with Gasteiger partial charge >= 0.3 is 0 Å². The van der Waals surface area contributed by atoms with Crippen molar-refractivity contribution in [2.24, 2.45) is 0 Å². The number of hydrogen-bond acceptors (Lipinski definition) is 3. The Hall–Kier alpha value is -1.99. The van der Waals surface area contributed by atoms with Crippen LogP contribution >= 0.6 is 11.8 Å². The van der Waals surface area contributed by atoms with Crippen molar-refractivity contribution in [3.8, 4) is 6.07 Å². The lowest BCUT2D eigenvalue weighted by Gasteiger charge is -2.07. The van der Waals surface area contributed by atoms with E-state index in [4.69, 9.17) is 11.0 Å². The molecule has 0 atom stereocenters. The second kappa shape index (κ2) is 5.77. The van der Waals surface area contributed by atoms with Gasteiger partial charge in [0, 0.05) is 16.3 Å². The number of nitrogens with two attached hydrogens (primary N) is 1. The fourth-order valence-corrected chi connectivity index (χ4v) is 2.69. The third-order valence-electron chi connectivity index (χ3n) is 2.74. The van der Waals surface area contributed by atoms with Gasteiger partial charge in [-0.25, -0.2) is 4.39 Å². The maximum absolute atomic E-state index is 13.0. The Morgan fingerprint density at radius 3 is 2.74 bits per heavy atom. The highest BCUT2D eigenvalue weighted by Crippen LogP contribution is 2.29. The molecule has 0 aliphatic rings. The van der Waals surface area contributed by atoms with Crippen LogP contribution < -0.4 is 5.73 Å². The Labute approximate surface area is 116 Å². The van der Waals surface area contributed by atoms with E-state index in [9.17, 15) is 4.39 Å². The molecule has 0 unspecified atom stereocenters. The molecule has 2 nitrogen and oxygen atoms in total. The highest BCUT2D eigenvalue weighted by molar-refractivity contribution is 7.98. The molecule has 0 amide bonds. The molecule has 0 aliphatic carbocycles. The number of aryl methyl sites for hydroxylation is 1. The first kappa shape index (κ1) is 13.4. The Balaban J connectivity index is 2.17. The van der Waals surface area contributed by atoms with Crippen molar-refractivity contribution in [1.29, 1.82) is 5.26 Å². The lowest BCUT2D eigenvalue weighted by molar-refractivity contribution is 0.627. The number of anilines is 1. The number of hydrogen-bond donors (Lipinski definition) is 1. The summed E-state index contributed by atoms with van der Waals surface area (Å²) in [6.07, 6.45) is 0. The van der Waals surface area contributed by atoms with E-state index in [0.29, 0.717) is 11.3 Å². The third kappa shape index (κ3) is 3.27. The average Bonchev–Trinajstić information content (AvgIpc) is 2.39. The van der Waals surface area contributed by atoms with E-state index in [1.54, 1.807) is 17.8 Å². The molecule has 0 aliphatic heterocycles. The minimum absolute atomic E-state index is 0.373. The smallest absolute Gasteiger partial charge is 0.124 e. The zero-order valence-electron chi connectivity index (χ0n) is 10.5. The molecule has 4 heteroatoms. The summed E-state index contributed by atoms with van der Waals surface area (Å²) in [6, 6.07) is 12.2. The summed E-state index contributed by atoms with van der Waals surface area (Å²) in [5.74, 6) is 0.205. The number of thioether (sulfide) groups is 1. The number of halogens is 1. The van der Waals surface area contributed by atoms with Gasteiger partial charge in [-0.05, 0) is 42.3 Å². The molecule has 2 aromatic carbocycles. The molecular weight excluding hydrogens is 259 g/mol. The Morgan fingerprint density at radius 2 is 2.05 bits per heavy atom. The average molecular weight is 272 g/mol. The van der Waals surface area contributed by atoms with E-state index in [0.717, 1.165) is 21.7 Å². The number of nitrogens with zero attached hydrogens (tertiary/aromatic N) is 1. The van der Waals surface area contributed by atoms with Crippen LogP contribution in [0.15, 0.2) is 41.3 Å². The van der Waals surface area contributed by atoms with E-state index in [2.05, 4.69) is 0 Å². The molecule has 0 radical (unpaired) electrons. The van der Waals surface area contributed by atoms with Crippen LogP contribution in [0.5, 0.6) is 0 Å². The maximum atomic E-state index is 13.0. The molecule has 2 N–H and O–H groups in total.